The lowest BCUT2D eigenvalue weighted by Crippen LogP contribution is -2.32. The molecule has 0 spiro atoms. The lowest BCUT2D eigenvalue weighted by Gasteiger charge is -2.22. The number of pyridine rings is 1. The standard InChI is InChI=1S/C15H17N3O2/c1-2-9-18(13-6-4-12(16)5-7-13)15(20)11-3-8-14(19)17-10-11/h3-8,10H,2,9,16H2,1H3,(H,17,19). The van der Waals surface area contributed by atoms with E-state index in [-0.39, 0.29) is 11.5 Å². The zero-order valence-electron chi connectivity index (χ0n) is 11.3. The van der Waals surface area contributed by atoms with Crippen molar-refractivity contribution in [1.29, 1.82) is 0 Å². The van der Waals surface area contributed by atoms with Gasteiger partial charge in [0.1, 0.15) is 0 Å². The molecule has 3 N–H and O–H groups in total. The van der Waals surface area contributed by atoms with Crippen LogP contribution in [-0.4, -0.2) is 17.4 Å². The molecule has 1 amide bonds. The molecule has 0 unspecified atom stereocenters. The average Bonchev–Trinajstić information content (AvgIpc) is 2.46. The van der Waals surface area contributed by atoms with Crippen LogP contribution < -0.4 is 16.2 Å². The number of nitrogens with two attached hydrogens (primary N) is 1. The Morgan fingerprint density at radius 3 is 2.45 bits per heavy atom. The van der Waals surface area contributed by atoms with Crippen molar-refractivity contribution in [2.24, 2.45) is 0 Å². The van der Waals surface area contributed by atoms with Gasteiger partial charge < -0.3 is 15.6 Å². The maximum Gasteiger partial charge on any atom is 0.259 e. The largest absolute Gasteiger partial charge is 0.399 e. The first-order valence-electron chi connectivity index (χ1n) is 6.48. The van der Waals surface area contributed by atoms with E-state index < -0.39 is 0 Å². The second-order valence-electron chi connectivity index (χ2n) is 4.49. The Morgan fingerprint density at radius 2 is 1.90 bits per heavy atom. The van der Waals surface area contributed by atoms with Crippen LogP contribution in [0, 0.1) is 0 Å². The number of H-pyrrole nitrogens is 1. The Labute approximate surface area is 117 Å². The number of aromatic amines is 1. The highest BCUT2D eigenvalue weighted by atomic mass is 16.2. The topological polar surface area (TPSA) is 79.2 Å². The van der Waals surface area contributed by atoms with Crippen molar-refractivity contribution >= 4 is 17.3 Å². The van der Waals surface area contributed by atoms with E-state index in [2.05, 4.69) is 4.98 Å². The van der Waals surface area contributed by atoms with E-state index in [0.29, 0.717) is 17.8 Å². The number of aromatic nitrogens is 1. The lowest BCUT2D eigenvalue weighted by atomic mass is 10.2. The molecule has 1 aromatic heterocycles. The summed E-state index contributed by atoms with van der Waals surface area (Å²) in [4.78, 5) is 27.7. The Balaban J connectivity index is 2.32. The number of carbonyl (C=O) groups is 1. The monoisotopic (exact) mass is 271 g/mol. The Bertz CT molecular complexity index is 626. The molecule has 0 aliphatic heterocycles. The predicted octanol–water partition coefficient (Wildman–Crippen LogP) is 2.01. The summed E-state index contributed by atoms with van der Waals surface area (Å²) >= 11 is 0. The number of nitrogens with zero attached hydrogens (tertiary/aromatic N) is 1. The van der Waals surface area contributed by atoms with Crippen molar-refractivity contribution in [3.8, 4) is 0 Å². The molecular weight excluding hydrogens is 254 g/mol. The zero-order valence-corrected chi connectivity index (χ0v) is 11.3. The molecule has 0 aliphatic carbocycles. The first-order valence-corrected chi connectivity index (χ1v) is 6.48. The van der Waals surface area contributed by atoms with E-state index in [4.69, 9.17) is 5.73 Å². The summed E-state index contributed by atoms with van der Waals surface area (Å²) in [5.74, 6) is -0.145. The zero-order chi connectivity index (χ0) is 14.5. The minimum atomic E-state index is -0.226. The molecule has 0 saturated heterocycles. The van der Waals surface area contributed by atoms with Crippen LogP contribution in [0.1, 0.15) is 23.7 Å². The van der Waals surface area contributed by atoms with Crippen molar-refractivity contribution in [2.75, 3.05) is 17.2 Å². The van der Waals surface area contributed by atoms with Crippen LogP contribution in [0.15, 0.2) is 47.4 Å². The number of hydrogen-bond acceptors (Lipinski definition) is 3. The van der Waals surface area contributed by atoms with Gasteiger partial charge in [0.2, 0.25) is 5.56 Å². The van der Waals surface area contributed by atoms with Crippen LogP contribution >= 0.6 is 0 Å². The van der Waals surface area contributed by atoms with Gasteiger partial charge >= 0.3 is 0 Å². The van der Waals surface area contributed by atoms with E-state index in [1.807, 2.05) is 19.1 Å². The van der Waals surface area contributed by atoms with Crippen LogP contribution in [0.3, 0.4) is 0 Å². The molecule has 2 aromatic rings. The summed E-state index contributed by atoms with van der Waals surface area (Å²) < 4.78 is 0. The molecule has 5 nitrogen and oxygen atoms in total. The number of anilines is 2. The summed E-state index contributed by atoms with van der Waals surface area (Å²) in [6.45, 7) is 2.60. The fourth-order valence-corrected chi connectivity index (χ4v) is 1.93. The molecule has 0 atom stereocenters. The summed E-state index contributed by atoms with van der Waals surface area (Å²) in [6, 6.07) is 10.0. The number of benzene rings is 1. The van der Waals surface area contributed by atoms with Crippen molar-refractivity contribution in [1.82, 2.24) is 4.98 Å². The molecule has 0 aliphatic rings. The van der Waals surface area contributed by atoms with E-state index in [1.54, 1.807) is 17.0 Å². The fraction of sp³-hybridized carbons (Fsp3) is 0.200. The molecule has 0 radical (unpaired) electrons. The highest BCUT2D eigenvalue weighted by Gasteiger charge is 2.16. The van der Waals surface area contributed by atoms with Gasteiger partial charge in [-0.1, -0.05) is 6.92 Å². The van der Waals surface area contributed by atoms with Gasteiger partial charge in [0, 0.05) is 30.2 Å². The van der Waals surface area contributed by atoms with Crippen molar-refractivity contribution in [2.45, 2.75) is 13.3 Å². The van der Waals surface area contributed by atoms with Gasteiger partial charge in [-0.05, 0) is 36.8 Å². The molecule has 0 saturated carbocycles. The predicted molar refractivity (Wildman–Crippen MR) is 79.9 cm³/mol. The van der Waals surface area contributed by atoms with Gasteiger partial charge in [0.25, 0.3) is 5.91 Å². The first kappa shape index (κ1) is 13.9. The van der Waals surface area contributed by atoms with Crippen molar-refractivity contribution in [3.05, 3.63) is 58.5 Å². The Hall–Kier alpha value is -2.56. The number of rotatable bonds is 4. The second-order valence-corrected chi connectivity index (χ2v) is 4.49. The Morgan fingerprint density at radius 1 is 1.20 bits per heavy atom. The smallest absolute Gasteiger partial charge is 0.259 e. The maximum atomic E-state index is 12.5. The average molecular weight is 271 g/mol. The van der Waals surface area contributed by atoms with Gasteiger partial charge in [-0.15, -0.1) is 0 Å². The fourth-order valence-electron chi connectivity index (χ4n) is 1.93. The summed E-state index contributed by atoms with van der Waals surface area (Å²) in [5, 5.41) is 0. The van der Waals surface area contributed by atoms with Crippen molar-refractivity contribution < 1.29 is 4.79 Å². The van der Waals surface area contributed by atoms with Gasteiger partial charge in [-0.2, -0.15) is 0 Å². The molecule has 1 aromatic carbocycles. The number of hydrogen-bond donors (Lipinski definition) is 2. The van der Waals surface area contributed by atoms with Crippen LogP contribution in [0.4, 0.5) is 11.4 Å². The third-order valence-electron chi connectivity index (χ3n) is 2.93. The number of carbonyl (C=O) groups excluding carboxylic acids is 1. The van der Waals surface area contributed by atoms with E-state index in [0.717, 1.165) is 12.1 Å². The van der Waals surface area contributed by atoms with E-state index >= 15 is 0 Å². The molecule has 104 valence electrons. The van der Waals surface area contributed by atoms with Crippen LogP contribution in [0.25, 0.3) is 0 Å². The molecule has 5 heteroatoms. The van der Waals surface area contributed by atoms with Crippen molar-refractivity contribution in [3.63, 3.8) is 0 Å². The normalized spacial score (nSPS) is 10.2. The molecule has 1 heterocycles. The minimum Gasteiger partial charge on any atom is -0.399 e. The highest BCUT2D eigenvalue weighted by Crippen LogP contribution is 2.19. The lowest BCUT2D eigenvalue weighted by molar-refractivity contribution is 0.0986. The van der Waals surface area contributed by atoms with Gasteiger partial charge in [0.05, 0.1) is 5.56 Å². The third kappa shape index (κ3) is 3.06. The van der Waals surface area contributed by atoms with E-state index in [9.17, 15) is 9.59 Å². The minimum absolute atomic E-state index is 0.145. The third-order valence-corrected chi connectivity index (χ3v) is 2.93. The molecule has 2 rings (SSSR count). The number of nitrogens with one attached hydrogen (secondary N) is 1. The Kier molecular flexibility index (Phi) is 4.20. The van der Waals surface area contributed by atoms with Gasteiger partial charge in [0.15, 0.2) is 0 Å². The number of amides is 1. The van der Waals surface area contributed by atoms with E-state index in [1.165, 1.54) is 18.3 Å². The highest BCUT2D eigenvalue weighted by molar-refractivity contribution is 6.05. The molecule has 0 bridgehead atoms. The SMILES string of the molecule is CCCN(C(=O)c1ccc(=O)[nH]c1)c1ccc(N)cc1. The van der Waals surface area contributed by atoms with Crippen LogP contribution in [0.5, 0.6) is 0 Å². The molecule has 20 heavy (non-hydrogen) atoms. The second kappa shape index (κ2) is 6.06. The van der Waals surface area contributed by atoms with Crippen LogP contribution in [-0.2, 0) is 0 Å². The van der Waals surface area contributed by atoms with Crippen LogP contribution in [0.2, 0.25) is 0 Å². The molecular formula is C15H17N3O2. The first-order chi connectivity index (χ1) is 9.61. The summed E-state index contributed by atoms with van der Waals surface area (Å²) in [7, 11) is 0. The summed E-state index contributed by atoms with van der Waals surface area (Å²) in [6.07, 6.45) is 2.27. The summed E-state index contributed by atoms with van der Waals surface area (Å²) in [5.41, 5.74) is 7.33. The quantitative estimate of drug-likeness (QED) is 0.835. The number of nitrogen functional groups attached to an aromatic ring is 1. The maximum absolute atomic E-state index is 12.5. The molecule has 0 fully saturated rings. The van der Waals surface area contributed by atoms with Gasteiger partial charge in [-0.25, -0.2) is 0 Å². The van der Waals surface area contributed by atoms with Gasteiger partial charge in [-0.3, -0.25) is 9.59 Å².